The van der Waals surface area contributed by atoms with Crippen molar-refractivity contribution in [3.05, 3.63) is 58.9 Å². The van der Waals surface area contributed by atoms with Crippen LogP contribution in [0.15, 0.2) is 36.4 Å². The average molecular weight is 301 g/mol. The Morgan fingerprint density at radius 3 is 2.73 bits per heavy atom. The number of ether oxygens (including phenoxy) is 2. The van der Waals surface area contributed by atoms with Crippen molar-refractivity contribution in [2.24, 2.45) is 0 Å². The summed E-state index contributed by atoms with van der Waals surface area (Å²) in [6.07, 6.45) is 1.73. The van der Waals surface area contributed by atoms with Crippen molar-refractivity contribution < 1.29 is 13.9 Å². The first-order valence-corrected chi connectivity index (χ1v) is 7.44. The van der Waals surface area contributed by atoms with Gasteiger partial charge in [-0.25, -0.2) is 4.39 Å². The fourth-order valence-electron chi connectivity index (χ4n) is 3.05. The van der Waals surface area contributed by atoms with Crippen LogP contribution < -0.4 is 14.8 Å². The summed E-state index contributed by atoms with van der Waals surface area (Å²) in [6.45, 7) is 0.709. The second kappa shape index (κ2) is 6.36. The lowest BCUT2D eigenvalue weighted by Gasteiger charge is -2.15. The molecule has 2 aromatic carbocycles. The van der Waals surface area contributed by atoms with Crippen LogP contribution >= 0.6 is 0 Å². The molecule has 1 aliphatic carbocycles. The molecule has 22 heavy (non-hydrogen) atoms. The van der Waals surface area contributed by atoms with Crippen LogP contribution in [0.1, 0.15) is 29.2 Å². The summed E-state index contributed by atoms with van der Waals surface area (Å²) >= 11 is 0. The van der Waals surface area contributed by atoms with Crippen molar-refractivity contribution in [3.63, 3.8) is 0 Å². The summed E-state index contributed by atoms with van der Waals surface area (Å²) in [6, 6.07) is 11.4. The maximum atomic E-state index is 13.8. The van der Waals surface area contributed by atoms with Crippen molar-refractivity contribution in [3.8, 4) is 11.5 Å². The number of methoxy groups -OCH3 is 2. The molecule has 0 aromatic heterocycles. The smallest absolute Gasteiger partial charge is 0.161 e. The van der Waals surface area contributed by atoms with Crippen molar-refractivity contribution in [1.29, 1.82) is 0 Å². The number of hydrogen-bond acceptors (Lipinski definition) is 3. The highest BCUT2D eigenvalue weighted by atomic mass is 19.1. The molecule has 3 rings (SSSR count). The minimum Gasteiger partial charge on any atom is -0.493 e. The molecule has 0 saturated carbocycles. The summed E-state index contributed by atoms with van der Waals surface area (Å²) in [5.41, 5.74) is 3.05. The number of nitrogens with one attached hydrogen (secondary N) is 1. The van der Waals surface area contributed by atoms with Crippen LogP contribution in [0.5, 0.6) is 11.5 Å². The number of benzene rings is 2. The van der Waals surface area contributed by atoms with Gasteiger partial charge in [0.2, 0.25) is 0 Å². The van der Waals surface area contributed by atoms with Crippen LogP contribution in [0, 0.1) is 5.82 Å². The van der Waals surface area contributed by atoms with Gasteiger partial charge in [-0.2, -0.15) is 0 Å². The van der Waals surface area contributed by atoms with E-state index in [0.717, 1.165) is 41.0 Å². The second-order valence-electron chi connectivity index (χ2n) is 5.47. The topological polar surface area (TPSA) is 30.5 Å². The molecule has 1 aliphatic rings. The van der Waals surface area contributed by atoms with Gasteiger partial charge in [0, 0.05) is 12.6 Å². The van der Waals surface area contributed by atoms with E-state index in [1.807, 2.05) is 24.3 Å². The molecule has 0 bridgehead atoms. The molecule has 3 nitrogen and oxygen atoms in total. The van der Waals surface area contributed by atoms with Crippen molar-refractivity contribution in [2.75, 3.05) is 14.2 Å². The molecule has 0 fully saturated rings. The normalized spacial score (nSPS) is 16.4. The van der Waals surface area contributed by atoms with Crippen LogP contribution in [0.2, 0.25) is 0 Å². The Balaban J connectivity index is 1.71. The van der Waals surface area contributed by atoms with Crippen molar-refractivity contribution in [2.45, 2.75) is 25.4 Å². The number of halogens is 1. The molecule has 1 atom stereocenters. The van der Waals surface area contributed by atoms with Gasteiger partial charge < -0.3 is 14.8 Å². The molecule has 0 spiro atoms. The maximum absolute atomic E-state index is 13.8. The molecular formula is C18H20FNO2. The third kappa shape index (κ3) is 2.79. The predicted molar refractivity (Wildman–Crippen MR) is 83.8 cm³/mol. The average Bonchev–Trinajstić information content (AvgIpc) is 2.97. The quantitative estimate of drug-likeness (QED) is 0.915. The van der Waals surface area contributed by atoms with E-state index in [4.69, 9.17) is 9.47 Å². The number of hydrogen-bond donors (Lipinski definition) is 1. The Hall–Kier alpha value is -2.07. The molecule has 0 aliphatic heterocycles. The first-order chi connectivity index (χ1) is 10.7. The minimum absolute atomic E-state index is 0.0899. The van der Waals surface area contributed by atoms with Crippen molar-refractivity contribution >= 4 is 0 Å². The van der Waals surface area contributed by atoms with E-state index in [-0.39, 0.29) is 11.9 Å². The molecule has 0 saturated heterocycles. The first kappa shape index (κ1) is 14.9. The number of rotatable bonds is 5. The van der Waals surface area contributed by atoms with Gasteiger partial charge in [0.15, 0.2) is 11.5 Å². The standard InChI is InChI=1S/C18H20FNO2/c1-21-17-9-6-12(10-18(17)22-2)11-20-16-8-7-13-14(16)4-3-5-15(13)19/h3-6,9-10,16,20H,7-8,11H2,1-2H3. The predicted octanol–water partition coefficient (Wildman–Crippen LogP) is 3.62. The Morgan fingerprint density at radius 1 is 1.14 bits per heavy atom. The summed E-state index contributed by atoms with van der Waals surface area (Å²) in [4.78, 5) is 0. The highest BCUT2D eigenvalue weighted by Crippen LogP contribution is 2.33. The van der Waals surface area contributed by atoms with Gasteiger partial charge in [-0.3, -0.25) is 0 Å². The van der Waals surface area contributed by atoms with Gasteiger partial charge in [0.25, 0.3) is 0 Å². The van der Waals surface area contributed by atoms with E-state index in [2.05, 4.69) is 5.32 Å². The molecule has 1 N–H and O–H groups in total. The zero-order valence-corrected chi connectivity index (χ0v) is 12.9. The van der Waals surface area contributed by atoms with Gasteiger partial charge in [0.05, 0.1) is 14.2 Å². The fraction of sp³-hybridized carbons (Fsp3) is 0.333. The van der Waals surface area contributed by atoms with Crippen LogP contribution in [-0.2, 0) is 13.0 Å². The molecule has 116 valence electrons. The summed E-state index contributed by atoms with van der Waals surface area (Å²) in [7, 11) is 3.25. The van der Waals surface area contributed by atoms with Gasteiger partial charge in [-0.15, -0.1) is 0 Å². The molecule has 0 amide bonds. The van der Waals surface area contributed by atoms with E-state index in [1.54, 1.807) is 20.3 Å². The molecule has 2 aromatic rings. The van der Waals surface area contributed by atoms with Crippen LogP contribution in [0.4, 0.5) is 4.39 Å². The van der Waals surface area contributed by atoms with Crippen molar-refractivity contribution in [1.82, 2.24) is 5.32 Å². The van der Waals surface area contributed by atoms with E-state index in [9.17, 15) is 4.39 Å². The largest absolute Gasteiger partial charge is 0.493 e. The van der Waals surface area contributed by atoms with Crippen LogP contribution in [0.3, 0.4) is 0 Å². The molecule has 1 unspecified atom stereocenters. The molecule has 0 radical (unpaired) electrons. The highest BCUT2D eigenvalue weighted by molar-refractivity contribution is 5.43. The highest BCUT2D eigenvalue weighted by Gasteiger charge is 2.24. The molecule has 0 heterocycles. The maximum Gasteiger partial charge on any atom is 0.161 e. The fourth-order valence-corrected chi connectivity index (χ4v) is 3.05. The van der Waals surface area contributed by atoms with Gasteiger partial charge in [-0.05, 0) is 47.7 Å². The second-order valence-corrected chi connectivity index (χ2v) is 5.47. The minimum atomic E-state index is -0.0899. The van der Waals surface area contributed by atoms with E-state index in [0.29, 0.717) is 6.54 Å². The molecule has 4 heteroatoms. The Labute approximate surface area is 130 Å². The zero-order valence-electron chi connectivity index (χ0n) is 12.9. The van der Waals surface area contributed by atoms with Gasteiger partial charge >= 0.3 is 0 Å². The first-order valence-electron chi connectivity index (χ1n) is 7.44. The Bertz CT molecular complexity index is 672. The Kier molecular flexibility index (Phi) is 4.29. The van der Waals surface area contributed by atoms with Crippen LogP contribution in [0.25, 0.3) is 0 Å². The van der Waals surface area contributed by atoms with E-state index < -0.39 is 0 Å². The van der Waals surface area contributed by atoms with E-state index >= 15 is 0 Å². The SMILES string of the molecule is COc1ccc(CNC2CCc3c(F)cccc32)cc1OC. The Morgan fingerprint density at radius 2 is 1.95 bits per heavy atom. The summed E-state index contributed by atoms with van der Waals surface area (Å²) in [5, 5.41) is 3.51. The third-order valence-corrected chi connectivity index (χ3v) is 4.21. The van der Waals surface area contributed by atoms with Crippen LogP contribution in [-0.4, -0.2) is 14.2 Å². The zero-order chi connectivity index (χ0) is 15.5. The van der Waals surface area contributed by atoms with Gasteiger partial charge in [-0.1, -0.05) is 18.2 Å². The lowest BCUT2D eigenvalue weighted by molar-refractivity contribution is 0.354. The summed E-state index contributed by atoms with van der Waals surface area (Å²) < 4.78 is 24.3. The number of fused-ring (bicyclic) bond motifs is 1. The monoisotopic (exact) mass is 301 g/mol. The van der Waals surface area contributed by atoms with E-state index in [1.165, 1.54) is 6.07 Å². The summed E-state index contributed by atoms with van der Waals surface area (Å²) in [5.74, 6) is 1.35. The van der Waals surface area contributed by atoms with Gasteiger partial charge in [0.1, 0.15) is 5.82 Å². The lowest BCUT2D eigenvalue weighted by atomic mass is 10.1. The lowest BCUT2D eigenvalue weighted by Crippen LogP contribution is -2.18. The third-order valence-electron chi connectivity index (χ3n) is 4.21. The molecular weight excluding hydrogens is 281 g/mol.